The Kier molecular flexibility index (Phi) is 4.58. The van der Waals surface area contributed by atoms with E-state index in [-0.39, 0.29) is 11.6 Å². The summed E-state index contributed by atoms with van der Waals surface area (Å²) < 4.78 is 37.1. The third-order valence-corrected chi connectivity index (χ3v) is 3.48. The van der Waals surface area contributed by atoms with Gasteiger partial charge in [-0.1, -0.05) is 12.1 Å². The molecule has 0 radical (unpaired) electrons. The van der Waals surface area contributed by atoms with E-state index in [0.29, 0.717) is 31.9 Å². The van der Waals surface area contributed by atoms with Gasteiger partial charge in [-0.25, -0.2) is 0 Å². The molecule has 22 heavy (non-hydrogen) atoms. The zero-order chi connectivity index (χ0) is 16.3. The number of piperazine rings is 1. The summed E-state index contributed by atoms with van der Waals surface area (Å²) in [6.07, 6.45) is -4.93. The van der Waals surface area contributed by atoms with Crippen LogP contribution in [-0.2, 0) is 9.59 Å². The van der Waals surface area contributed by atoms with Crippen molar-refractivity contribution in [2.75, 3.05) is 36.4 Å². The molecule has 1 aromatic rings. The van der Waals surface area contributed by atoms with Crippen molar-refractivity contribution in [2.24, 2.45) is 0 Å². The van der Waals surface area contributed by atoms with Gasteiger partial charge in [0.25, 0.3) is 0 Å². The number of benzene rings is 1. The quantitative estimate of drug-likeness (QED) is 0.906. The standard InChI is InChI=1S/C14H16F3N3O2/c1-10(21)19-6-8-20(9-7-19)12-5-3-2-4-11(12)18-13(22)14(15,16)17/h2-5H,6-9H2,1H3,(H,18,22). The molecule has 0 bridgehead atoms. The molecule has 0 aliphatic carbocycles. The molecule has 2 amide bonds. The number of amides is 2. The van der Waals surface area contributed by atoms with Crippen molar-refractivity contribution in [1.82, 2.24) is 4.90 Å². The second-order valence-electron chi connectivity index (χ2n) is 4.96. The number of hydrogen-bond donors (Lipinski definition) is 1. The normalized spacial score (nSPS) is 15.6. The molecule has 0 saturated carbocycles. The Balaban J connectivity index is 2.12. The Morgan fingerprint density at radius 2 is 1.68 bits per heavy atom. The van der Waals surface area contributed by atoms with Crippen molar-refractivity contribution in [1.29, 1.82) is 0 Å². The van der Waals surface area contributed by atoms with E-state index in [1.807, 2.05) is 10.2 Å². The maximum absolute atomic E-state index is 12.4. The number of carbonyl (C=O) groups excluding carboxylic acids is 2. The molecule has 1 aromatic carbocycles. The first-order valence-corrected chi connectivity index (χ1v) is 6.76. The van der Waals surface area contributed by atoms with Gasteiger partial charge in [0.2, 0.25) is 5.91 Å². The molecule has 0 atom stereocenters. The van der Waals surface area contributed by atoms with Crippen LogP contribution in [0.15, 0.2) is 24.3 Å². The average Bonchev–Trinajstić information content (AvgIpc) is 2.47. The van der Waals surface area contributed by atoms with Gasteiger partial charge in [0.1, 0.15) is 0 Å². The van der Waals surface area contributed by atoms with Crippen molar-refractivity contribution in [3.8, 4) is 0 Å². The molecule has 1 aliphatic heterocycles. The molecule has 1 saturated heterocycles. The van der Waals surface area contributed by atoms with Crippen LogP contribution in [-0.4, -0.2) is 49.1 Å². The molecule has 0 unspecified atom stereocenters. The van der Waals surface area contributed by atoms with Crippen molar-refractivity contribution >= 4 is 23.2 Å². The van der Waals surface area contributed by atoms with Crippen molar-refractivity contribution in [2.45, 2.75) is 13.1 Å². The Labute approximate surface area is 125 Å². The third-order valence-electron chi connectivity index (χ3n) is 3.48. The fourth-order valence-corrected chi connectivity index (χ4v) is 2.31. The highest BCUT2D eigenvalue weighted by Gasteiger charge is 2.39. The number of rotatable bonds is 2. The molecule has 1 fully saturated rings. The Morgan fingerprint density at radius 3 is 2.23 bits per heavy atom. The first-order valence-electron chi connectivity index (χ1n) is 6.76. The lowest BCUT2D eigenvalue weighted by molar-refractivity contribution is -0.167. The maximum atomic E-state index is 12.4. The van der Waals surface area contributed by atoms with E-state index < -0.39 is 12.1 Å². The summed E-state index contributed by atoms with van der Waals surface area (Å²) in [7, 11) is 0. The van der Waals surface area contributed by atoms with Gasteiger partial charge in [-0.2, -0.15) is 13.2 Å². The summed E-state index contributed by atoms with van der Waals surface area (Å²) in [5.41, 5.74) is 0.629. The Hall–Kier alpha value is -2.25. The molecule has 1 heterocycles. The van der Waals surface area contributed by atoms with Gasteiger partial charge in [-0.3, -0.25) is 9.59 Å². The SMILES string of the molecule is CC(=O)N1CCN(c2ccccc2NC(=O)C(F)(F)F)CC1. The van der Waals surface area contributed by atoms with Gasteiger partial charge in [0.15, 0.2) is 0 Å². The topological polar surface area (TPSA) is 52.7 Å². The minimum Gasteiger partial charge on any atom is -0.366 e. The molecule has 8 heteroatoms. The van der Waals surface area contributed by atoms with Crippen LogP contribution in [0.5, 0.6) is 0 Å². The molecule has 1 aliphatic rings. The van der Waals surface area contributed by atoms with E-state index in [1.165, 1.54) is 13.0 Å². The average molecular weight is 315 g/mol. The smallest absolute Gasteiger partial charge is 0.366 e. The van der Waals surface area contributed by atoms with E-state index in [2.05, 4.69) is 0 Å². The fourth-order valence-electron chi connectivity index (χ4n) is 2.31. The molecular formula is C14H16F3N3O2. The Bertz CT molecular complexity index is 567. The van der Waals surface area contributed by atoms with Gasteiger partial charge in [0, 0.05) is 33.1 Å². The second-order valence-corrected chi connectivity index (χ2v) is 4.96. The number of nitrogens with one attached hydrogen (secondary N) is 1. The number of carbonyl (C=O) groups is 2. The molecule has 5 nitrogen and oxygen atoms in total. The number of halogens is 3. The molecule has 1 N–H and O–H groups in total. The van der Waals surface area contributed by atoms with Crippen LogP contribution in [0.2, 0.25) is 0 Å². The fraction of sp³-hybridized carbons (Fsp3) is 0.429. The summed E-state index contributed by atoms with van der Waals surface area (Å²) in [5, 5.41) is 1.90. The molecular weight excluding hydrogens is 299 g/mol. The monoisotopic (exact) mass is 315 g/mol. The van der Waals surface area contributed by atoms with E-state index in [0.717, 1.165) is 0 Å². The minimum absolute atomic E-state index is 0.0293. The zero-order valence-corrected chi connectivity index (χ0v) is 12.0. The summed E-state index contributed by atoms with van der Waals surface area (Å²) in [6.45, 7) is 3.47. The highest BCUT2D eigenvalue weighted by Crippen LogP contribution is 2.28. The van der Waals surface area contributed by atoms with Crippen LogP contribution in [0.4, 0.5) is 24.5 Å². The molecule has 2 rings (SSSR count). The first kappa shape index (κ1) is 16.1. The van der Waals surface area contributed by atoms with Gasteiger partial charge in [0.05, 0.1) is 11.4 Å². The molecule has 120 valence electrons. The van der Waals surface area contributed by atoms with Crippen LogP contribution in [0, 0.1) is 0 Å². The lowest BCUT2D eigenvalue weighted by Gasteiger charge is -2.36. The first-order chi connectivity index (χ1) is 10.3. The summed E-state index contributed by atoms with van der Waals surface area (Å²) in [6, 6.07) is 6.32. The predicted molar refractivity (Wildman–Crippen MR) is 75.6 cm³/mol. The van der Waals surface area contributed by atoms with Gasteiger partial charge < -0.3 is 15.1 Å². The van der Waals surface area contributed by atoms with Crippen molar-refractivity contribution in [3.05, 3.63) is 24.3 Å². The van der Waals surface area contributed by atoms with E-state index in [1.54, 1.807) is 23.1 Å². The van der Waals surface area contributed by atoms with Crippen LogP contribution in [0.1, 0.15) is 6.92 Å². The third kappa shape index (κ3) is 3.69. The number of alkyl halides is 3. The van der Waals surface area contributed by atoms with Crippen LogP contribution < -0.4 is 10.2 Å². The number of anilines is 2. The number of hydrogen-bond acceptors (Lipinski definition) is 3. The van der Waals surface area contributed by atoms with Gasteiger partial charge >= 0.3 is 12.1 Å². The van der Waals surface area contributed by atoms with Gasteiger partial charge in [-0.15, -0.1) is 0 Å². The van der Waals surface area contributed by atoms with Crippen molar-refractivity contribution in [3.63, 3.8) is 0 Å². The summed E-state index contributed by atoms with van der Waals surface area (Å²) >= 11 is 0. The highest BCUT2D eigenvalue weighted by molar-refractivity contribution is 5.97. The van der Waals surface area contributed by atoms with Crippen LogP contribution in [0.25, 0.3) is 0 Å². The minimum atomic E-state index is -4.93. The van der Waals surface area contributed by atoms with E-state index in [9.17, 15) is 22.8 Å². The number of para-hydroxylation sites is 2. The van der Waals surface area contributed by atoms with Crippen molar-refractivity contribution < 1.29 is 22.8 Å². The Morgan fingerprint density at radius 1 is 1.09 bits per heavy atom. The molecule has 0 spiro atoms. The van der Waals surface area contributed by atoms with E-state index >= 15 is 0 Å². The lowest BCUT2D eigenvalue weighted by Crippen LogP contribution is -2.48. The lowest BCUT2D eigenvalue weighted by atomic mass is 10.2. The predicted octanol–water partition coefficient (Wildman–Crippen LogP) is 1.86. The highest BCUT2D eigenvalue weighted by atomic mass is 19.4. The maximum Gasteiger partial charge on any atom is 0.471 e. The van der Waals surface area contributed by atoms with Crippen LogP contribution >= 0.6 is 0 Å². The molecule has 0 aromatic heterocycles. The zero-order valence-electron chi connectivity index (χ0n) is 12.0. The largest absolute Gasteiger partial charge is 0.471 e. The summed E-state index contributed by atoms with van der Waals surface area (Å²) in [4.78, 5) is 25.9. The second kappa shape index (κ2) is 6.25. The number of nitrogens with zero attached hydrogens (tertiary/aromatic N) is 2. The van der Waals surface area contributed by atoms with Gasteiger partial charge in [-0.05, 0) is 12.1 Å². The summed E-state index contributed by atoms with van der Waals surface area (Å²) in [5.74, 6) is -2.03. The van der Waals surface area contributed by atoms with E-state index in [4.69, 9.17) is 0 Å². The van der Waals surface area contributed by atoms with Crippen LogP contribution in [0.3, 0.4) is 0 Å².